The number of fused-ring (bicyclic) bond motifs is 6. The molecule has 524 valence electrons. The minimum absolute atomic E-state index is 0.0453. The van der Waals surface area contributed by atoms with E-state index in [1.807, 2.05) is 0 Å². The summed E-state index contributed by atoms with van der Waals surface area (Å²) in [5, 5.41) is 44.8. The Morgan fingerprint density at radius 1 is 0.845 bits per heavy atom. The van der Waals surface area contributed by atoms with Crippen LogP contribution in [0.2, 0.25) is 0 Å². The van der Waals surface area contributed by atoms with Gasteiger partial charge in [0.1, 0.15) is 35.6 Å². The van der Waals surface area contributed by atoms with Crippen LogP contribution >= 0.6 is 0 Å². The van der Waals surface area contributed by atoms with Crippen LogP contribution < -0.4 is 26.4 Å². The van der Waals surface area contributed by atoms with Crippen molar-refractivity contribution in [3.8, 4) is 17.2 Å². The summed E-state index contributed by atoms with van der Waals surface area (Å²) in [7, 11) is 5.58. The lowest BCUT2D eigenvalue weighted by molar-refractivity contribution is -0.256. The molecule has 3 fully saturated rings. The zero-order valence-electron chi connectivity index (χ0n) is 55.2. The molecule has 4 heterocycles. The Labute approximate surface area is 559 Å². The molecule has 3 aromatic rings. The number of phenols is 2. The number of phenolic OH excluding ortho intramolecular Hbond substituents is 2. The fourth-order valence-corrected chi connectivity index (χ4v) is 13.1. The molecule has 97 heavy (non-hydrogen) atoms. The molecule has 0 radical (unpaired) electrons. The van der Waals surface area contributed by atoms with Crippen molar-refractivity contribution >= 4 is 70.7 Å². The number of Topliss-reactive ketones (excluding diaryl/α,β-unsaturated/α-hetero) is 2. The van der Waals surface area contributed by atoms with Crippen LogP contribution in [0.4, 0.5) is 20.1 Å². The van der Waals surface area contributed by atoms with Gasteiger partial charge >= 0.3 is 18.2 Å². The Balaban J connectivity index is 0.774. The van der Waals surface area contributed by atoms with Crippen molar-refractivity contribution in [2.24, 2.45) is 17.6 Å². The number of benzene rings is 3. The van der Waals surface area contributed by atoms with Crippen LogP contribution in [0, 0.1) is 11.8 Å². The normalized spacial score (nSPS) is 23.1. The van der Waals surface area contributed by atoms with Crippen molar-refractivity contribution in [2.75, 3.05) is 79.6 Å². The third-order valence-corrected chi connectivity index (χ3v) is 18.4. The Morgan fingerprint density at radius 2 is 1.54 bits per heavy atom. The molecule has 3 saturated heterocycles. The summed E-state index contributed by atoms with van der Waals surface area (Å²) < 4.78 is 46.9. The van der Waals surface area contributed by atoms with Gasteiger partial charge in [-0.15, -0.1) is 0 Å². The lowest BCUT2D eigenvalue weighted by atomic mass is 9.72. The van der Waals surface area contributed by atoms with Gasteiger partial charge in [0, 0.05) is 133 Å². The highest BCUT2D eigenvalue weighted by atomic mass is 16.7. The minimum atomic E-state index is -2.49. The number of nitrogens with two attached hydrogens (primary N) is 1. The number of hydrogen-bond acceptors (Lipinski definition) is 23. The number of hydrogen-bond donors (Lipinski definition) is 7. The van der Waals surface area contributed by atoms with Gasteiger partial charge in [-0.05, 0) is 62.3 Å². The number of carbonyl (C=O) groups excluding carboxylic acids is 11. The number of urea groups is 1. The van der Waals surface area contributed by atoms with E-state index >= 15 is 0 Å². The molecule has 8 N–H and O–H groups in total. The zero-order valence-corrected chi connectivity index (χ0v) is 55.2. The number of carbonyl (C=O) groups is 11. The summed E-state index contributed by atoms with van der Waals surface area (Å²) in [6.45, 7) is 5.12. The molecular weight excluding hydrogens is 1270 g/mol. The fraction of sp³-hybridized carbons (Fsp3) is 0.537. The molecule has 0 bridgehead atoms. The highest BCUT2D eigenvalue weighted by Crippen LogP contribution is 2.53. The number of unbranched alkanes of at least 4 members (excludes halogenated alkanes) is 2. The second kappa shape index (κ2) is 31.5. The van der Waals surface area contributed by atoms with E-state index in [2.05, 4.69) is 20.9 Å². The van der Waals surface area contributed by atoms with Gasteiger partial charge in [-0.3, -0.25) is 48.2 Å². The Bertz CT molecular complexity index is 3550. The quantitative estimate of drug-likeness (QED) is 0.0232. The molecule has 0 spiro atoms. The van der Waals surface area contributed by atoms with E-state index in [4.69, 9.17) is 43.6 Å². The lowest BCUT2D eigenvalue weighted by Gasteiger charge is -2.43. The minimum Gasteiger partial charge on any atom is -0.507 e. The Hall–Kier alpha value is -8.91. The third kappa shape index (κ3) is 16.4. The molecule has 10 atom stereocenters. The Kier molecular flexibility index (Phi) is 23.5. The molecule has 9 rings (SSSR count). The number of methoxy groups -OCH3 is 2. The van der Waals surface area contributed by atoms with E-state index in [1.165, 1.54) is 63.6 Å². The molecule has 3 aromatic carbocycles. The average Bonchev–Trinajstić information content (AvgIpc) is 1.30. The second-order valence-corrected chi connectivity index (χ2v) is 25.3. The lowest BCUT2D eigenvalue weighted by Crippen LogP contribution is -2.55. The largest absolute Gasteiger partial charge is 0.507 e. The molecule has 30 nitrogen and oxygen atoms in total. The van der Waals surface area contributed by atoms with E-state index in [9.17, 15) is 68.1 Å². The highest BCUT2D eigenvalue weighted by molar-refractivity contribution is 6.31. The molecule has 8 amide bonds. The maximum atomic E-state index is 14.3. The van der Waals surface area contributed by atoms with Crippen molar-refractivity contribution in [3.63, 3.8) is 0 Å². The molecule has 2 aliphatic carbocycles. The van der Waals surface area contributed by atoms with Crippen molar-refractivity contribution in [1.29, 1.82) is 0 Å². The summed E-state index contributed by atoms with van der Waals surface area (Å²) in [6, 6.07) is 8.73. The first-order valence-corrected chi connectivity index (χ1v) is 32.3. The average molecular weight is 1350 g/mol. The molecular formula is C67H84N8O22. The first-order chi connectivity index (χ1) is 46.2. The van der Waals surface area contributed by atoms with Crippen LogP contribution in [-0.2, 0) is 75.0 Å². The number of morpholine rings is 1. The van der Waals surface area contributed by atoms with Crippen molar-refractivity contribution in [2.45, 2.75) is 146 Å². The standard InChI is InChI=1S/C67H84N8O22/c1-35(2)55(71-47(78)16-9-8-10-24-75-48(79)21-22-49(75)80)43(76)29-38(13-12-23-69-64(68)86)61(85)70-39-19-17-37(18-20-39)33-93-65(87)72(4)25-26-73(5)66(88)94-34-46(77)67(89)31-41-52(59(84)54-53(57(41)82)56(81)40-14-11-15-44(90-6)51(40)58(54)83)45(32-67)96-50-30-42-60(36(3)95-50)97-62-63(91-7)92-28-27-74(42)62/h11,14-15,17-22,35-36,38,42,45,50,55,60,62-63,82,84,89H,8-10,12-13,16,23-34H2,1-7H3,(H,70,85)(H,71,78)(H3,68,69,86)/t36-,38-,42-,45-,50-,55+,60+,62+,63-,67-/m0/s1. The maximum absolute atomic E-state index is 14.3. The van der Waals surface area contributed by atoms with E-state index in [0.717, 1.165) is 9.80 Å². The smallest absolute Gasteiger partial charge is 0.409 e. The number of rotatable bonds is 29. The third-order valence-electron chi connectivity index (χ3n) is 18.4. The van der Waals surface area contributed by atoms with Gasteiger partial charge < -0.3 is 84.7 Å². The number of amides is 8. The number of nitrogens with one attached hydrogen (secondary N) is 3. The molecule has 30 heteroatoms. The predicted molar refractivity (Wildman–Crippen MR) is 339 cm³/mol. The summed E-state index contributed by atoms with van der Waals surface area (Å²) in [5.41, 5.74) is 1.85. The molecule has 4 aliphatic heterocycles. The van der Waals surface area contributed by atoms with E-state index in [-0.39, 0.29) is 122 Å². The first kappa shape index (κ1) is 72.4. The van der Waals surface area contributed by atoms with E-state index < -0.39 is 138 Å². The predicted octanol–water partition coefficient (Wildman–Crippen LogP) is 3.64. The monoisotopic (exact) mass is 1350 g/mol. The molecule has 0 unspecified atom stereocenters. The number of ketones is 4. The SMILES string of the molecule is COc1cccc2c1C(=O)c1c(O)c3c(c(O)c1C2=O)C[C@@](O)(C(=O)COC(=O)N(C)CCN(C)C(=O)OCc1ccc(NC(=O)[C@@H](CCCNC(N)=O)CC(=O)[C@H](NC(=O)CCCCCN2C(=O)C=CC2=O)C(C)C)cc1)C[C@@H]3O[C@H]1C[C@H]2[C@H](O[C@@H]3[C@@H](OC)OCCN32)[C@H](C)O1. The second-order valence-electron chi connectivity index (χ2n) is 25.3. The first-order valence-electron chi connectivity index (χ1n) is 32.3. The topological polar surface area (TPSA) is 397 Å². The van der Waals surface area contributed by atoms with Crippen LogP contribution in [0.15, 0.2) is 54.6 Å². The fourth-order valence-electron chi connectivity index (χ4n) is 13.1. The number of anilines is 1. The van der Waals surface area contributed by atoms with Gasteiger partial charge in [-0.25, -0.2) is 14.4 Å². The molecule has 6 aliphatic rings. The van der Waals surface area contributed by atoms with E-state index in [1.54, 1.807) is 45.0 Å². The van der Waals surface area contributed by atoms with Gasteiger partial charge in [0.2, 0.25) is 23.4 Å². The number of likely N-dealkylation sites (N-methyl/N-ethyl adjacent to an activating group) is 2. The van der Waals surface area contributed by atoms with Crippen molar-refractivity contribution in [3.05, 3.63) is 93.6 Å². The Morgan fingerprint density at radius 3 is 2.21 bits per heavy atom. The van der Waals surface area contributed by atoms with Crippen molar-refractivity contribution < 1.29 is 106 Å². The van der Waals surface area contributed by atoms with Crippen LogP contribution in [-0.4, -0.2) is 223 Å². The number of aromatic hydroxyl groups is 2. The number of ether oxygens (including phenoxy) is 8. The number of primary amides is 1. The number of aliphatic hydroxyl groups is 1. The summed E-state index contributed by atoms with van der Waals surface area (Å²) >= 11 is 0. The molecule has 0 saturated carbocycles. The zero-order chi connectivity index (χ0) is 70.2. The van der Waals surface area contributed by atoms with Gasteiger partial charge in [0.05, 0.1) is 48.7 Å². The highest BCUT2D eigenvalue weighted by Gasteiger charge is 2.55. The van der Waals surface area contributed by atoms with Crippen LogP contribution in [0.3, 0.4) is 0 Å². The number of nitrogens with zero attached hydrogens (tertiary/aromatic N) is 4. The number of imide groups is 1. The summed E-state index contributed by atoms with van der Waals surface area (Å²) in [5.74, 6) is -7.35. The van der Waals surface area contributed by atoms with Crippen LogP contribution in [0.25, 0.3) is 0 Å². The van der Waals surface area contributed by atoms with Crippen molar-refractivity contribution in [1.82, 2.24) is 30.2 Å². The van der Waals surface area contributed by atoms with E-state index in [0.29, 0.717) is 50.1 Å². The van der Waals surface area contributed by atoms with Gasteiger partial charge in [-0.1, -0.05) is 44.5 Å². The van der Waals surface area contributed by atoms with Crippen LogP contribution in [0.5, 0.6) is 17.2 Å². The van der Waals surface area contributed by atoms with Gasteiger partial charge in [0.25, 0.3) is 11.8 Å². The molecule has 0 aromatic heterocycles. The van der Waals surface area contributed by atoms with Gasteiger partial charge in [-0.2, -0.15) is 0 Å². The van der Waals surface area contributed by atoms with Crippen LogP contribution in [0.1, 0.15) is 133 Å². The summed E-state index contributed by atoms with van der Waals surface area (Å²) in [6.07, 6.45) is -3.51. The van der Waals surface area contributed by atoms with Gasteiger partial charge in [0.15, 0.2) is 37.0 Å². The maximum Gasteiger partial charge on any atom is 0.409 e. The summed E-state index contributed by atoms with van der Waals surface area (Å²) in [4.78, 5) is 151.